The molecule has 5 rings (SSSR count). The van der Waals surface area contributed by atoms with Gasteiger partial charge in [0.05, 0.1) is 12.6 Å². The molecule has 1 saturated heterocycles. The number of hydrogen-bond donors (Lipinski definition) is 1. The molecule has 0 radical (unpaired) electrons. The van der Waals surface area contributed by atoms with E-state index in [1.807, 2.05) is 17.0 Å². The lowest BCUT2D eigenvalue weighted by Gasteiger charge is -2.41. The molecule has 3 atom stereocenters. The number of ether oxygens (including phenoxy) is 1. The summed E-state index contributed by atoms with van der Waals surface area (Å²) in [5, 5.41) is 0. The monoisotopic (exact) mass is 366 g/mol. The molecule has 1 saturated carbocycles. The van der Waals surface area contributed by atoms with Gasteiger partial charge in [-0.25, -0.2) is 4.39 Å². The maximum atomic E-state index is 13.7. The number of nitrogens with zero attached hydrogens (tertiary/aromatic N) is 1. The van der Waals surface area contributed by atoms with Crippen LogP contribution in [0.5, 0.6) is 0 Å². The van der Waals surface area contributed by atoms with Crippen LogP contribution in [0.15, 0.2) is 48.5 Å². The highest BCUT2D eigenvalue weighted by Gasteiger charge is 2.59. The number of halogens is 1. The van der Waals surface area contributed by atoms with Gasteiger partial charge in [-0.15, -0.1) is 0 Å². The number of benzene rings is 2. The molecule has 0 unspecified atom stereocenters. The predicted octanol–water partition coefficient (Wildman–Crippen LogP) is 2.95. The van der Waals surface area contributed by atoms with E-state index < -0.39 is 5.60 Å². The first-order chi connectivity index (χ1) is 13.0. The predicted molar refractivity (Wildman–Crippen MR) is 99.6 cm³/mol. The minimum Gasteiger partial charge on any atom is -0.363 e. The van der Waals surface area contributed by atoms with Crippen LogP contribution >= 0.6 is 0 Å². The smallest absolute Gasteiger partial charge is 0.255 e. The first-order valence-electron chi connectivity index (χ1n) is 9.57. The number of nitrogens with two attached hydrogens (primary N) is 1. The van der Waals surface area contributed by atoms with Gasteiger partial charge >= 0.3 is 0 Å². The zero-order valence-corrected chi connectivity index (χ0v) is 15.2. The fourth-order valence-corrected chi connectivity index (χ4v) is 5.02. The lowest BCUT2D eigenvalue weighted by molar-refractivity contribution is -0.156. The summed E-state index contributed by atoms with van der Waals surface area (Å²) in [4.78, 5) is 15.6. The van der Waals surface area contributed by atoms with Crippen LogP contribution in [0.3, 0.4) is 0 Å². The second kappa shape index (κ2) is 5.88. The van der Waals surface area contributed by atoms with Crippen LogP contribution in [0.25, 0.3) is 0 Å². The average Bonchev–Trinajstić information content (AvgIpc) is 3.22. The summed E-state index contributed by atoms with van der Waals surface area (Å²) in [6.45, 7) is 1.07. The van der Waals surface area contributed by atoms with Crippen molar-refractivity contribution in [3.63, 3.8) is 0 Å². The third kappa shape index (κ3) is 2.60. The molecule has 5 heteroatoms. The highest BCUT2D eigenvalue weighted by atomic mass is 19.1. The minimum atomic E-state index is -0.792. The number of carbonyl (C=O) groups excluding carboxylic acids is 1. The zero-order valence-electron chi connectivity index (χ0n) is 15.2. The fraction of sp³-hybridized carbons (Fsp3) is 0.409. The highest BCUT2D eigenvalue weighted by Crippen LogP contribution is 2.48. The van der Waals surface area contributed by atoms with E-state index in [0.717, 1.165) is 24.0 Å². The lowest BCUT2D eigenvalue weighted by atomic mass is 9.86. The Balaban J connectivity index is 1.57. The fourth-order valence-electron chi connectivity index (χ4n) is 5.02. The van der Waals surface area contributed by atoms with Crippen LogP contribution in [0.1, 0.15) is 42.0 Å². The summed E-state index contributed by atoms with van der Waals surface area (Å²) in [5.74, 6) is -0.252. The van der Waals surface area contributed by atoms with E-state index in [0.29, 0.717) is 26.0 Å². The molecule has 0 aromatic heterocycles. The summed E-state index contributed by atoms with van der Waals surface area (Å²) < 4.78 is 19.5. The molecular formula is C22H23FN2O2. The van der Waals surface area contributed by atoms with Crippen molar-refractivity contribution in [3.8, 4) is 0 Å². The molecule has 140 valence electrons. The molecule has 1 amide bonds. The van der Waals surface area contributed by atoms with Crippen molar-refractivity contribution in [2.45, 2.75) is 42.9 Å². The van der Waals surface area contributed by atoms with Gasteiger partial charge in [-0.3, -0.25) is 4.79 Å². The SMILES string of the molecule is N[C@]12CC[C@](C(=O)N3CCc4ccccc4[C@@H]3c3ccc(F)cc3)(C1)OC2. The molecule has 3 aliphatic rings. The Kier molecular flexibility index (Phi) is 3.68. The quantitative estimate of drug-likeness (QED) is 0.889. The van der Waals surface area contributed by atoms with E-state index in [1.54, 1.807) is 12.1 Å². The topological polar surface area (TPSA) is 55.6 Å². The summed E-state index contributed by atoms with van der Waals surface area (Å²) in [6.07, 6.45) is 2.90. The lowest BCUT2D eigenvalue weighted by Crippen LogP contribution is -2.51. The first kappa shape index (κ1) is 16.9. The highest BCUT2D eigenvalue weighted by molar-refractivity contribution is 5.87. The van der Waals surface area contributed by atoms with Crippen molar-refractivity contribution < 1.29 is 13.9 Å². The van der Waals surface area contributed by atoms with Gasteiger partial charge in [0.1, 0.15) is 11.4 Å². The average molecular weight is 366 g/mol. The third-order valence-electron chi connectivity index (χ3n) is 6.42. The molecule has 27 heavy (non-hydrogen) atoms. The maximum absolute atomic E-state index is 13.7. The van der Waals surface area contributed by atoms with Gasteiger partial charge in [0.15, 0.2) is 0 Å². The van der Waals surface area contributed by atoms with Gasteiger partial charge in [-0.1, -0.05) is 36.4 Å². The molecule has 2 N–H and O–H groups in total. The number of amides is 1. The van der Waals surface area contributed by atoms with Gasteiger partial charge < -0.3 is 15.4 Å². The Morgan fingerprint density at radius 3 is 2.59 bits per heavy atom. The van der Waals surface area contributed by atoms with E-state index >= 15 is 0 Å². The van der Waals surface area contributed by atoms with Gasteiger partial charge in [-0.2, -0.15) is 0 Å². The van der Waals surface area contributed by atoms with E-state index in [9.17, 15) is 9.18 Å². The molecule has 2 aromatic rings. The van der Waals surface area contributed by atoms with Crippen molar-refractivity contribution in [1.29, 1.82) is 0 Å². The normalized spacial score (nSPS) is 31.8. The van der Waals surface area contributed by atoms with Crippen LogP contribution in [-0.4, -0.2) is 35.1 Å². The van der Waals surface area contributed by atoms with Crippen molar-refractivity contribution in [3.05, 3.63) is 71.0 Å². The standard InChI is InChI=1S/C22H23FN2O2/c23-17-7-5-16(6-8-17)19-18-4-2-1-3-15(18)9-12-25(19)20(26)22-11-10-21(24,13-22)14-27-22/h1-8,19H,9-14,24H2/t19-,21+,22+/m0/s1. The number of carbonyl (C=O) groups is 1. The second-order valence-corrected chi connectivity index (χ2v) is 8.22. The Labute approximate surface area is 158 Å². The summed E-state index contributed by atoms with van der Waals surface area (Å²) in [5.41, 5.74) is 8.46. The van der Waals surface area contributed by atoms with Crippen LogP contribution < -0.4 is 5.73 Å². The molecule has 2 bridgehead atoms. The minimum absolute atomic E-state index is 0.0242. The first-order valence-corrected chi connectivity index (χ1v) is 9.57. The van der Waals surface area contributed by atoms with Crippen LogP contribution in [0.2, 0.25) is 0 Å². The van der Waals surface area contributed by atoms with Gasteiger partial charge in [0, 0.05) is 18.5 Å². The number of fused-ring (bicyclic) bond motifs is 3. The Morgan fingerprint density at radius 2 is 1.93 bits per heavy atom. The Hall–Kier alpha value is -2.24. The van der Waals surface area contributed by atoms with Crippen LogP contribution in [-0.2, 0) is 16.0 Å². The van der Waals surface area contributed by atoms with Gasteiger partial charge in [-0.05, 0) is 48.1 Å². The molecular weight excluding hydrogens is 343 g/mol. The Bertz CT molecular complexity index is 887. The Morgan fingerprint density at radius 1 is 1.15 bits per heavy atom. The summed E-state index contributed by atoms with van der Waals surface area (Å²) in [6, 6.07) is 14.4. The van der Waals surface area contributed by atoms with E-state index in [1.165, 1.54) is 17.7 Å². The molecule has 1 aliphatic carbocycles. The molecule has 2 aromatic carbocycles. The van der Waals surface area contributed by atoms with Crippen LogP contribution in [0, 0.1) is 5.82 Å². The van der Waals surface area contributed by atoms with E-state index in [-0.39, 0.29) is 23.3 Å². The largest absolute Gasteiger partial charge is 0.363 e. The zero-order chi connectivity index (χ0) is 18.6. The molecule has 0 spiro atoms. The van der Waals surface area contributed by atoms with E-state index in [2.05, 4.69) is 12.1 Å². The molecule has 2 fully saturated rings. The third-order valence-corrected chi connectivity index (χ3v) is 6.42. The summed E-state index contributed by atoms with van der Waals surface area (Å²) >= 11 is 0. The second-order valence-electron chi connectivity index (χ2n) is 8.22. The molecule has 2 heterocycles. The van der Waals surface area contributed by atoms with Crippen molar-refractivity contribution >= 4 is 5.91 Å². The molecule has 2 aliphatic heterocycles. The van der Waals surface area contributed by atoms with Crippen molar-refractivity contribution in [1.82, 2.24) is 4.90 Å². The number of rotatable bonds is 2. The van der Waals surface area contributed by atoms with Gasteiger partial charge in [0.2, 0.25) is 0 Å². The van der Waals surface area contributed by atoms with Crippen molar-refractivity contribution in [2.24, 2.45) is 5.73 Å². The number of hydrogen-bond acceptors (Lipinski definition) is 3. The summed E-state index contributed by atoms with van der Waals surface area (Å²) in [7, 11) is 0. The maximum Gasteiger partial charge on any atom is 0.255 e. The van der Waals surface area contributed by atoms with E-state index in [4.69, 9.17) is 10.5 Å². The van der Waals surface area contributed by atoms with Gasteiger partial charge in [0.25, 0.3) is 5.91 Å². The van der Waals surface area contributed by atoms with Crippen molar-refractivity contribution in [2.75, 3.05) is 13.2 Å². The molecule has 4 nitrogen and oxygen atoms in total. The van der Waals surface area contributed by atoms with Crippen LogP contribution in [0.4, 0.5) is 4.39 Å².